The Morgan fingerprint density at radius 1 is 1.06 bits per heavy atom. The average Bonchev–Trinajstić information content (AvgIpc) is 2.73. The van der Waals surface area contributed by atoms with E-state index in [-0.39, 0.29) is 17.8 Å². The standard InChI is InChI=1S/C26H26ClNO3/c1-15(2)31-26(30)23-16(3)28-21-13-18(17-9-5-4-6-10-17)14-22(29)25(21)24(23)19-11-7-8-12-20(19)27/h4-12,15,18,24,28H,13-14H2,1-3H3/t18-,24-/m0/s1. The van der Waals surface area contributed by atoms with E-state index < -0.39 is 11.9 Å². The van der Waals surface area contributed by atoms with Crippen LogP contribution in [0, 0.1) is 0 Å². The number of dihydropyridines is 1. The van der Waals surface area contributed by atoms with Gasteiger partial charge in [0.1, 0.15) is 0 Å². The monoisotopic (exact) mass is 435 g/mol. The van der Waals surface area contributed by atoms with Gasteiger partial charge in [-0.25, -0.2) is 4.79 Å². The number of hydrogen-bond acceptors (Lipinski definition) is 4. The Morgan fingerprint density at radius 3 is 2.42 bits per heavy atom. The maximum atomic E-state index is 13.5. The van der Waals surface area contributed by atoms with E-state index in [0.717, 1.165) is 16.8 Å². The first-order valence-electron chi connectivity index (χ1n) is 10.6. The number of carbonyl (C=O) groups is 2. The summed E-state index contributed by atoms with van der Waals surface area (Å²) >= 11 is 6.56. The molecular formula is C26H26ClNO3. The lowest BCUT2D eigenvalue weighted by Gasteiger charge is -2.37. The minimum atomic E-state index is -0.541. The Kier molecular flexibility index (Phi) is 6.01. The van der Waals surface area contributed by atoms with Crippen LogP contribution in [0.1, 0.15) is 56.6 Å². The first kappa shape index (κ1) is 21.4. The second-order valence-corrected chi connectivity index (χ2v) is 8.81. The molecule has 0 fully saturated rings. The van der Waals surface area contributed by atoms with Gasteiger partial charge in [0.25, 0.3) is 0 Å². The molecule has 1 aliphatic heterocycles. The zero-order valence-electron chi connectivity index (χ0n) is 17.9. The Labute approximate surface area is 187 Å². The zero-order valence-corrected chi connectivity index (χ0v) is 18.7. The Hall–Kier alpha value is -2.85. The fraction of sp³-hybridized carbons (Fsp3) is 0.308. The highest BCUT2D eigenvalue weighted by Gasteiger charge is 2.42. The summed E-state index contributed by atoms with van der Waals surface area (Å²) in [6, 6.07) is 17.5. The van der Waals surface area contributed by atoms with E-state index in [1.807, 2.05) is 57.2 Å². The Balaban J connectivity index is 1.82. The largest absolute Gasteiger partial charge is 0.460 e. The molecule has 2 aliphatic rings. The van der Waals surface area contributed by atoms with Crippen LogP contribution in [0.2, 0.25) is 5.02 Å². The molecule has 4 nitrogen and oxygen atoms in total. The van der Waals surface area contributed by atoms with Crippen molar-refractivity contribution in [3.05, 3.63) is 93.3 Å². The van der Waals surface area contributed by atoms with Gasteiger partial charge in [0.05, 0.1) is 11.7 Å². The summed E-state index contributed by atoms with van der Waals surface area (Å²) in [4.78, 5) is 26.6. The molecule has 1 heterocycles. The maximum absolute atomic E-state index is 13.5. The number of carbonyl (C=O) groups excluding carboxylic acids is 2. The topological polar surface area (TPSA) is 55.4 Å². The minimum absolute atomic E-state index is 0.0369. The Bertz CT molecular complexity index is 1080. The van der Waals surface area contributed by atoms with Crippen LogP contribution in [0.25, 0.3) is 0 Å². The SMILES string of the molecule is CC1=C(C(=O)OC(C)C)[C@H](c2ccccc2Cl)C2=C(C[C@H](c3ccccc3)CC2=O)N1. The number of hydrogen-bond donors (Lipinski definition) is 1. The first-order valence-corrected chi connectivity index (χ1v) is 11.0. The van der Waals surface area contributed by atoms with E-state index in [4.69, 9.17) is 16.3 Å². The van der Waals surface area contributed by atoms with Gasteiger partial charge < -0.3 is 10.1 Å². The summed E-state index contributed by atoms with van der Waals surface area (Å²) in [7, 11) is 0. The van der Waals surface area contributed by atoms with Crippen LogP contribution in [0.3, 0.4) is 0 Å². The molecule has 0 radical (unpaired) electrons. The van der Waals surface area contributed by atoms with Crippen molar-refractivity contribution in [3.63, 3.8) is 0 Å². The molecule has 0 saturated heterocycles. The molecule has 0 unspecified atom stereocenters. The normalized spacial score (nSPS) is 21.1. The van der Waals surface area contributed by atoms with Crippen LogP contribution in [0.15, 0.2) is 77.1 Å². The van der Waals surface area contributed by atoms with Gasteiger partial charge in [0.15, 0.2) is 5.78 Å². The van der Waals surface area contributed by atoms with Gasteiger partial charge in [-0.15, -0.1) is 0 Å². The van der Waals surface area contributed by atoms with Crippen LogP contribution in [-0.4, -0.2) is 17.9 Å². The fourth-order valence-corrected chi connectivity index (χ4v) is 4.81. The number of ketones is 1. The molecule has 1 N–H and O–H groups in total. The summed E-state index contributed by atoms with van der Waals surface area (Å²) in [5, 5.41) is 3.90. The van der Waals surface area contributed by atoms with Crippen molar-refractivity contribution < 1.29 is 14.3 Å². The van der Waals surface area contributed by atoms with E-state index in [9.17, 15) is 9.59 Å². The van der Waals surface area contributed by atoms with Crippen molar-refractivity contribution in [1.29, 1.82) is 0 Å². The molecule has 4 rings (SSSR count). The lowest BCUT2D eigenvalue weighted by Crippen LogP contribution is -2.36. The van der Waals surface area contributed by atoms with Gasteiger partial charge in [-0.2, -0.15) is 0 Å². The van der Waals surface area contributed by atoms with Crippen molar-refractivity contribution >= 4 is 23.4 Å². The zero-order chi connectivity index (χ0) is 22.1. The van der Waals surface area contributed by atoms with Crippen molar-refractivity contribution in [3.8, 4) is 0 Å². The van der Waals surface area contributed by atoms with Crippen LogP contribution in [0.5, 0.6) is 0 Å². The van der Waals surface area contributed by atoms with E-state index in [1.54, 1.807) is 6.07 Å². The second-order valence-electron chi connectivity index (χ2n) is 8.40. The quantitative estimate of drug-likeness (QED) is 0.630. The third-order valence-corrected chi connectivity index (χ3v) is 6.22. The van der Waals surface area contributed by atoms with Crippen molar-refractivity contribution in [2.45, 2.75) is 51.6 Å². The van der Waals surface area contributed by atoms with E-state index in [0.29, 0.717) is 34.7 Å². The molecule has 0 spiro atoms. The molecule has 1 aliphatic carbocycles. The molecule has 2 atom stereocenters. The minimum Gasteiger partial charge on any atom is -0.460 e. The number of rotatable bonds is 4. The second kappa shape index (κ2) is 8.72. The molecule has 160 valence electrons. The molecule has 5 heteroatoms. The van der Waals surface area contributed by atoms with Gasteiger partial charge in [-0.3, -0.25) is 4.79 Å². The molecule has 2 aromatic carbocycles. The first-order chi connectivity index (χ1) is 14.9. The number of Topliss-reactive ketones (excluding diaryl/α,β-unsaturated/α-hetero) is 1. The van der Waals surface area contributed by atoms with Gasteiger partial charge >= 0.3 is 5.97 Å². The van der Waals surface area contributed by atoms with Crippen LogP contribution < -0.4 is 5.32 Å². The van der Waals surface area contributed by atoms with E-state index >= 15 is 0 Å². The molecule has 0 bridgehead atoms. The van der Waals surface area contributed by atoms with Crippen LogP contribution in [-0.2, 0) is 14.3 Å². The summed E-state index contributed by atoms with van der Waals surface area (Å²) in [6.45, 7) is 5.49. The maximum Gasteiger partial charge on any atom is 0.337 e. The average molecular weight is 436 g/mol. The highest BCUT2D eigenvalue weighted by Crippen LogP contribution is 2.47. The van der Waals surface area contributed by atoms with E-state index in [1.165, 1.54) is 0 Å². The predicted octanol–water partition coefficient (Wildman–Crippen LogP) is 5.65. The van der Waals surface area contributed by atoms with Gasteiger partial charge in [0.2, 0.25) is 0 Å². The molecule has 31 heavy (non-hydrogen) atoms. The molecule has 0 saturated carbocycles. The number of allylic oxidation sites excluding steroid dienone is 3. The summed E-state index contributed by atoms with van der Waals surface area (Å²) < 4.78 is 5.54. The highest BCUT2D eigenvalue weighted by molar-refractivity contribution is 6.31. The lowest BCUT2D eigenvalue weighted by atomic mass is 9.71. The molecule has 0 amide bonds. The van der Waals surface area contributed by atoms with Crippen molar-refractivity contribution in [2.24, 2.45) is 0 Å². The Morgan fingerprint density at radius 2 is 1.74 bits per heavy atom. The number of esters is 1. The predicted molar refractivity (Wildman–Crippen MR) is 122 cm³/mol. The summed E-state index contributed by atoms with van der Waals surface area (Å²) in [5.74, 6) is -0.825. The van der Waals surface area contributed by atoms with Crippen molar-refractivity contribution in [1.82, 2.24) is 5.32 Å². The molecular weight excluding hydrogens is 410 g/mol. The number of benzene rings is 2. The summed E-state index contributed by atoms with van der Waals surface area (Å²) in [5.41, 5.74) is 4.54. The van der Waals surface area contributed by atoms with Crippen LogP contribution >= 0.6 is 11.6 Å². The lowest BCUT2D eigenvalue weighted by molar-refractivity contribution is -0.143. The third kappa shape index (κ3) is 4.17. The summed E-state index contributed by atoms with van der Waals surface area (Å²) in [6.07, 6.45) is 0.840. The van der Waals surface area contributed by atoms with Gasteiger partial charge in [-0.1, -0.05) is 60.1 Å². The third-order valence-electron chi connectivity index (χ3n) is 5.88. The smallest absolute Gasteiger partial charge is 0.337 e. The highest BCUT2D eigenvalue weighted by atomic mass is 35.5. The van der Waals surface area contributed by atoms with Crippen molar-refractivity contribution in [2.75, 3.05) is 0 Å². The molecule has 0 aromatic heterocycles. The van der Waals surface area contributed by atoms with Gasteiger partial charge in [-0.05, 0) is 50.3 Å². The van der Waals surface area contributed by atoms with E-state index in [2.05, 4.69) is 17.4 Å². The molecule has 2 aromatic rings. The number of ether oxygens (including phenoxy) is 1. The van der Waals surface area contributed by atoms with Crippen LogP contribution in [0.4, 0.5) is 0 Å². The number of nitrogens with one attached hydrogen (secondary N) is 1. The number of halogens is 1. The fourth-order valence-electron chi connectivity index (χ4n) is 4.57. The van der Waals surface area contributed by atoms with Gasteiger partial charge in [0, 0.05) is 34.3 Å².